The Labute approximate surface area is 127 Å². The van der Waals surface area contributed by atoms with Gasteiger partial charge in [0, 0.05) is 6.54 Å². The van der Waals surface area contributed by atoms with Crippen LogP contribution in [0.4, 0.5) is 11.5 Å². The number of amides is 1. The molecule has 2 N–H and O–H groups in total. The lowest BCUT2D eigenvalue weighted by Crippen LogP contribution is -2.39. The van der Waals surface area contributed by atoms with Gasteiger partial charge in [-0.1, -0.05) is 13.8 Å². The SMILES string of the molecule is Cc1nc(Cl)nc(NC(C)C(=O)NCC(C)C)c1[N+](=O)[O-]. The highest BCUT2D eigenvalue weighted by atomic mass is 35.5. The number of halogens is 1. The van der Waals surface area contributed by atoms with Gasteiger partial charge in [-0.3, -0.25) is 14.9 Å². The van der Waals surface area contributed by atoms with Crippen LogP contribution >= 0.6 is 11.6 Å². The Kier molecular flexibility index (Phi) is 5.83. The molecule has 0 saturated heterocycles. The van der Waals surface area contributed by atoms with Gasteiger partial charge in [-0.2, -0.15) is 4.98 Å². The fourth-order valence-corrected chi connectivity index (χ4v) is 1.79. The standard InChI is InChI=1S/C12H18ClN5O3/c1-6(2)5-14-11(19)8(4)15-10-9(18(20)21)7(3)16-12(13)17-10/h6,8H,5H2,1-4H3,(H,14,19)(H,15,16,17). The molecule has 1 unspecified atom stereocenters. The number of aromatic nitrogens is 2. The summed E-state index contributed by atoms with van der Waals surface area (Å²) in [6.45, 7) is 7.51. The molecule has 21 heavy (non-hydrogen) atoms. The molecular weight excluding hydrogens is 298 g/mol. The third kappa shape index (κ3) is 4.82. The Morgan fingerprint density at radius 2 is 2.00 bits per heavy atom. The van der Waals surface area contributed by atoms with E-state index in [2.05, 4.69) is 20.6 Å². The minimum atomic E-state index is -0.687. The fraction of sp³-hybridized carbons (Fsp3) is 0.583. The second-order valence-electron chi connectivity index (χ2n) is 5.04. The smallest absolute Gasteiger partial charge is 0.332 e. The molecule has 1 amide bonds. The van der Waals surface area contributed by atoms with Gasteiger partial charge in [-0.25, -0.2) is 4.98 Å². The normalized spacial score (nSPS) is 12.1. The summed E-state index contributed by atoms with van der Waals surface area (Å²) in [6, 6.07) is -0.687. The number of nitro groups is 1. The van der Waals surface area contributed by atoms with Crippen molar-refractivity contribution in [2.75, 3.05) is 11.9 Å². The lowest BCUT2D eigenvalue weighted by atomic mass is 10.2. The van der Waals surface area contributed by atoms with Crippen molar-refractivity contribution >= 4 is 29.0 Å². The van der Waals surface area contributed by atoms with Crippen LogP contribution in [0.2, 0.25) is 5.28 Å². The number of rotatable bonds is 6. The third-order valence-electron chi connectivity index (χ3n) is 2.64. The lowest BCUT2D eigenvalue weighted by molar-refractivity contribution is -0.385. The zero-order valence-electron chi connectivity index (χ0n) is 12.3. The van der Waals surface area contributed by atoms with Crippen LogP contribution in [-0.4, -0.2) is 33.4 Å². The zero-order chi connectivity index (χ0) is 16.2. The molecule has 0 spiro atoms. The molecule has 0 aliphatic rings. The van der Waals surface area contributed by atoms with Crippen molar-refractivity contribution < 1.29 is 9.72 Å². The monoisotopic (exact) mass is 315 g/mol. The van der Waals surface area contributed by atoms with Gasteiger partial charge in [0.15, 0.2) is 0 Å². The highest BCUT2D eigenvalue weighted by Gasteiger charge is 2.24. The minimum absolute atomic E-state index is 0.0651. The molecule has 9 heteroatoms. The van der Waals surface area contributed by atoms with Gasteiger partial charge in [0.2, 0.25) is 17.0 Å². The van der Waals surface area contributed by atoms with Crippen molar-refractivity contribution in [1.82, 2.24) is 15.3 Å². The molecule has 1 atom stereocenters. The molecule has 0 bridgehead atoms. The van der Waals surface area contributed by atoms with Gasteiger partial charge in [0.1, 0.15) is 11.7 Å². The van der Waals surface area contributed by atoms with Gasteiger partial charge in [-0.15, -0.1) is 0 Å². The molecule has 0 aliphatic carbocycles. The van der Waals surface area contributed by atoms with Crippen LogP contribution in [0.3, 0.4) is 0 Å². The van der Waals surface area contributed by atoms with Crippen molar-refractivity contribution in [2.45, 2.75) is 33.7 Å². The summed E-state index contributed by atoms with van der Waals surface area (Å²) in [4.78, 5) is 29.9. The van der Waals surface area contributed by atoms with E-state index in [4.69, 9.17) is 11.6 Å². The van der Waals surface area contributed by atoms with Crippen molar-refractivity contribution in [3.63, 3.8) is 0 Å². The Bertz CT molecular complexity index is 550. The van der Waals surface area contributed by atoms with Gasteiger partial charge in [-0.05, 0) is 31.4 Å². The Balaban J connectivity index is 2.91. The summed E-state index contributed by atoms with van der Waals surface area (Å²) in [5.74, 6) is -0.0266. The highest BCUT2D eigenvalue weighted by Crippen LogP contribution is 2.26. The molecule has 1 aromatic heterocycles. The first-order valence-corrected chi connectivity index (χ1v) is 6.83. The quantitative estimate of drug-likeness (QED) is 0.471. The molecule has 116 valence electrons. The maximum atomic E-state index is 11.9. The van der Waals surface area contributed by atoms with E-state index in [-0.39, 0.29) is 28.4 Å². The van der Waals surface area contributed by atoms with E-state index in [1.165, 1.54) is 6.92 Å². The van der Waals surface area contributed by atoms with E-state index < -0.39 is 11.0 Å². The molecular formula is C12H18ClN5O3. The predicted octanol–water partition coefficient (Wildman–Crippen LogP) is 1.92. The summed E-state index contributed by atoms with van der Waals surface area (Å²) >= 11 is 5.71. The average Bonchev–Trinajstić information content (AvgIpc) is 2.34. The summed E-state index contributed by atoms with van der Waals surface area (Å²) in [5, 5.41) is 16.4. The van der Waals surface area contributed by atoms with Crippen LogP contribution < -0.4 is 10.6 Å². The lowest BCUT2D eigenvalue weighted by Gasteiger charge is -2.16. The first kappa shape index (κ1) is 17.1. The molecule has 0 aliphatic heterocycles. The second-order valence-corrected chi connectivity index (χ2v) is 5.38. The van der Waals surface area contributed by atoms with E-state index >= 15 is 0 Å². The van der Waals surface area contributed by atoms with Crippen LogP contribution in [0.15, 0.2) is 0 Å². The van der Waals surface area contributed by atoms with Gasteiger partial charge < -0.3 is 10.6 Å². The van der Waals surface area contributed by atoms with Crippen LogP contribution in [-0.2, 0) is 4.79 Å². The van der Waals surface area contributed by atoms with Gasteiger partial charge in [0.05, 0.1) is 4.92 Å². The van der Waals surface area contributed by atoms with Crippen molar-refractivity contribution in [3.05, 3.63) is 21.1 Å². The number of anilines is 1. The van der Waals surface area contributed by atoms with Crippen molar-refractivity contribution in [2.24, 2.45) is 5.92 Å². The van der Waals surface area contributed by atoms with E-state index in [0.29, 0.717) is 12.5 Å². The van der Waals surface area contributed by atoms with E-state index in [0.717, 1.165) is 0 Å². The highest BCUT2D eigenvalue weighted by molar-refractivity contribution is 6.28. The largest absolute Gasteiger partial charge is 0.354 e. The molecule has 0 aromatic carbocycles. The Hall–Kier alpha value is -1.96. The Morgan fingerprint density at radius 1 is 1.38 bits per heavy atom. The zero-order valence-corrected chi connectivity index (χ0v) is 13.1. The number of carbonyl (C=O) groups excluding carboxylic acids is 1. The van der Waals surface area contributed by atoms with Gasteiger partial charge in [0.25, 0.3) is 0 Å². The number of nitrogens with one attached hydrogen (secondary N) is 2. The second kappa shape index (κ2) is 7.16. The number of hydrogen-bond acceptors (Lipinski definition) is 6. The first-order valence-electron chi connectivity index (χ1n) is 6.45. The van der Waals surface area contributed by atoms with E-state index in [1.807, 2.05) is 13.8 Å². The number of aryl methyl sites for hydroxylation is 1. The van der Waals surface area contributed by atoms with Crippen LogP contribution in [0.25, 0.3) is 0 Å². The topological polar surface area (TPSA) is 110 Å². The van der Waals surface area contributed by atoms with E-state index in [9.17, 15) is 14.9 Å². The van der Waals surface area contributed by atoms with Gasteiger partial charge >= 0.3 is 5.69 Å². The average molecular weight is 316 g/mol. The molecule has 1 aromatic rings. The molecule has 0 fully saturated rings. The fourth-order valence-electron chi connectivity index (χ4n) is 1.58. The molecule has 8 nitrogen and oxygen atoms in total. The van der Waals surface area contributed by atoms with Crippen molar-refractivity contribution in [3.8, 4) is 0 Å². The predicted molar refractivity (Wildman–Crippen MR) is 79.4 cm³/mol. The minimum Gasteiger partial charge on any atom is -0.354 e. The molecule has 0 saturated carbocycles. The number of hydrogen-bond donors (Lipinski definition) is 2. The number of nitrogens with zero attached hydrogens (tertiary/aromatic N) is 3. The van der Waals surface area contributed by atoms with Crippen molar-refractivity contribution in [1.29, 1.82) is 0 Å². The van der Waals surface area contributed by atoms with Crippen LogP contribution in [0, 0.1) is 23.0 Å². The van der Waals surface area contributed by atoms with E-state index in [1.54, 1.807) is 6.92 Å². The summed E-state index contributed by atoms with van der Waals surface area (Å²) in [7, 11) is 0. The molecule has 1 heterocycles. The number of carbonyl (C=O) groups is 1. The molecule has 1 rings (SSSR count). The maximum Gasteiger partial charge on any atom is 0.332 e. The summed E-state index contributed by atoms with van der Waals surface area (Å²) in [5.41, 5.74) is -0.153. The first-order chi connectivity index (χ1) is 9.72. The Morgan fingerprint density at radius 3 is 2.52 bits per heavy atom. The summed E-state index contributed by atoms with van der Waals surface area (Å²) in [6.07, 6.45) is 0. The van der Waals surface area contributed by atoms with Crippen LogP contribution in [0.5, 0.6) is 0 Å². The molecule has 0 radical (unpaired) electrons. The van der Waals surface area contributed by atoms with Crippen LogP contribution in [0.1, 0.15) is 26.5 Å². The third-order valence-corrected chi connectivity index (χ3v) is 2.81. The summed E-state index contributed by atoms with van der Waals surface area (Å²) < 4.78 is 0. The maximum absolute atomic E-state index is 11.9.